The van der Waals surface area contributed by atoms with Crippen LogP contribution in [0.1, 0.15) is 0 Å². The number of aliphatic imine (C=N–C) groups is 2. The lowest BCUT2D eigenvalue weighted by Gasteiger charge is -2.07. The van der Waals surface area contributed by atoms with Crippen molar-refractivity contribution in [3.63, 3.8) is 0 Å². The third-order valence-corrected chi connectivity index (χ3v) is 1.51. The smallest absolute Gasteiger partial charge is 0.256 e. The van der Waals surface area contributed by atoms with E-state index in [0.29, 0.717) is 11.6 Å². The number of aromatic nitrogens is 2. The molecule has 15 heavy (non-hydrogen) atoms. The van der Waals surface area contributed by atoms with Gasteiger partial charge in [0, 0.05) is 12.4 Å². The van der Waals surface area contributed by atoms with Gasteiger partial charge in [0.1, 0.15) is 5.82 Å². The highest BCUT2D eigenvalue weighted by molar-refractivity contribution is 5.43. The van der Waals surface area contributed by atoms with Crippen LogP contribution in [-0.2, 0) is 4.74 Å². The van der Waals surface area contributed by atoms with E-state index in [1.54, 1.807) is 18.6 Å². The van der Waals surface area contributed by atoms with Crippen LogP contribution < -0.4 is 5.32 Å². The van der Waals surface area contributed by atoms with Gasteiger partial charge in [-0.15, -0.1) is 0 Å². The normalized spacial score (nSPS) is 11.3. The SMILES string of the molecule is C=N/C(Nc1cnccn1)=C(\N=C)OC. The predicted molar refractivity (Wildman–Crippen MR) is 58.8 cm³/mol. The van der Waals surface area contributed by atoms with Gasteiger partial charge in [-0.2, -0.15) is 0 Å². The Morgan fingerprint density at radius 1 is 1.40 bits per heavy atom. The van der Waals surface area contributed by atoms with Crippen LogP contribution in [0.3, 0.4) is 0 Å². The molecule has 1 rings (SSSR count). The molecule has 1 aromatic rings. The lowest BCUT2D eigenvalue weighted by molar-refractivity contribution is 0.284. The van der Waals surface area contributed by atoms with Gasteiger partial charge < -0.3 is 10.1 Å². The second-order valence-corrected chi connectivity index (χ2v) is 2.39. The number of nitrogens with one attached hydrogen (secondary N) is 1. The summed E-state index contributed by atoms with van der Waals surface area (Å²) in [6, 6.07) is 0. The van der Waals surface area contributed by atoms with Crippen molar-refractivity contribution in [2.75, 3.05) is 12.4 Å². The summed E-state index contributed by atoms with van der Waals surface area (Å²) in [7, 11) is 1.47. The highest BCUT2D eigenvalue weighted by atomic mass is 16.5. The van der Waals surface area contributed by atoms with Gasteiger partial charge in [-0.25, -0.2) is 15.0 Å². The van der Waals surface area contributed by atoms with Crippen molar-refractivity contribution >= 4 is 19.3 Å². The van der Waals surface area contributed by atoms with Gasteiger partial charge in [-0.3, -0.25) is 4.98 Å². The van der Waals surface area contributed by atoms with E-state index in [2.05, 4.69) is 38.7 Å². The van der Waals surface area contributed by atoms with E-state index < -0.39 is 0 Å². The molecule has 0 radical (unpaired) electrons. The number of rotatable bonds is 5. The summed E-state index contributed by atoms with van der Waals surface area (Å²) in [4.78, 5) is 15.2. The minimum atomic E-state index is 0.246. The molecule has 0 atom stereocenters. The Morgan fingerprint density at radius 3 is 2.67 bits per heavy atom. The van der Waals surface area contributed by atoms with E-state index in [1.807, 2.05) is 0 Å². The van der Waals surface area contributed by atoms with Gasteiger partial charge in [-0.1, -0.05) is 0 Å². The first kappa shape index (κ1) is 10.8. The predicted octanol–water partition coefficient (Wildman–Crippen LogP) is 1.06. The molecule has 0 unspecified atom stereocenters. The molecule has 0 aromatic carbocycles. The van der Waals surface area contributed by atoms with Crippen LogP contribution in [-0.4, -0.2) is 30.5 Å². The molecule has 1 N–H and O–H groups in total. The van der Waals surface area contributed by atoms with Crippen LogP contribution in [0.4, 0.5) is 5.82 Å². The number of anilines is 1. The summed E-state index contributed by atoms with van der Waals surface area (Å²) in [5, 5.41) is 2.85. The fourth-order valence-electron chi connectivity index (χ4n) is 0.882. The molecule has 0 aliphatic heterocycles. The Kier molecular flexibility index (Phi) is 3.96. The zero-order valence-corrected chi connectivity index (χ0v) is 8.34. The van der Waals surface area contributed by atoms with E-state index in [9.17, 15) is 0 Å². The quantitative estimate of drug-likeness (QED) is 0.576. The molecule has 0 saturated heterocycles. The summed E-state index contributed by atoms with van der Waals surface area (Å²) >= 11 is 0. The van der Waals surface area contributed by atoms with Crippen LogP contribution in [0, 0.1) is 0 Å². The van der Waals surface area contributed by atoms with E-state index in [1.165, 1.54) is 7.11 Å². The molecule has 0 amide bonds. The van der Waals surface area contributed by atoms with Crippen molar-refractivity contribution in [3.8, 4) is 0 Å². The average molecular weight is 205 g/mol. The third kappa shape index (κ3) is 2.87. The van der Waals surface area contributed by atoms with Crippen LogP contribution >= 0.6 is 0 Å². The summed E-state index contributed by atoms with van der Waals surface area (Å²) in [6.07, 6.45) is 4.66. The molecule has 1 heterocycles. The third-order valence-electron chi connectivity index (χ3n) is 1.51. The zero-order chi connectivity index (χ0) is 11.1. The largest absolute Gasteiger partial charge is 0.478 e. The van der Waals surface area contributed by atoms with Crippen LogP contribution in [0.2, 0.25) is 0 Å². The molecule has 0 fully saturated rings. The number of methoxy groups -OCH3 is 1. The van der Waals surface area contributed by atoms with E-state index in [4.69, 9.17) is 4.74 Å². The molecule has 0 spiro atoms. The minimum Gasteiger partial charge on any atom is -0.478 e. The van der Waals surface area contributed by atoms with Crippen LogP contribution in [0.5, 0.6) is 0 Å². The molecule has 6 nitrogen and oxygen atoms in total. The number of nitrogens with zero attached hydrogens (tertiary/aromatic N) is 4. The Bertz CT molecular complexity index is 373. The first-order chi connectivity index (χ1) is 7.31. The van der Waals surface area contributed by atoms with Gasteiger partial charge in [0.25, 0.3) is 5.88 Å². The monoisotopic (exact) mass is 205 g/mol. The van der Waals surface area contributed by atoms with Gasteiger partial charge in [0.2, 0.25) is 0 Å². The maximum atomic E-state index is 4.93. The Morgan fingerprint density at radius 2 is 2.20 bits per heavy atom. The van der Waals surface area contributed by atoms with Gasteiger partial charge in [-0.05, 0) is 13.4 Å². The lowest BCUT2D eigenvalue weighted by atomic mass is 10.6. The number of ether oxygens (including phenoxy) is 1. The van der Waals surface area contributed by atoms with E-state index in [-0.39, 0.29) is 5.88 Å². The van der Waals surface area contributed by atoms with E-state index >= 15 is 0 Å². The molecule has 0 saturated carbocycles. The molecule has 0 aliphatic carbocycles. The molecule has 1 aromatic heterocycles. The summed E-state index contributed by atoms with van der Waals surface area (Å²) in [5.41, 5.74) is 0. The highest BCUT2D eigenvalue weighted by Crippen LogP contribution is 2.10. The number of hydrogen-bond donors (Lipinski definition) is 1. The van der Waals surface area contributed by atoms with Gasteiger partial charge in [0.05, 0.1) is 13.3 Å². The molecule has 0 bridgehead atoms. The Labute approximate surface area is 87.5 Å². The molecular formula is C9H11N5O. The maximum Gasteiger partial charge on any atom is 0.256 e. The molecule has 0 aliphatic rings. The minimum absolute atomic E-state index is 0.246. The molecular weight excluding hydrogens is 194 g/mol. The fraction of sp³-hybridized carbons (Fsp3) is 0.111. The second kappa shape index (κ2) is 5.48. The second-order valence-electron chi connectivity index (χ2n) is 2.39. The summed E-state index contributed by atoms with van der Waals surface area (Å²) < 4.78 is 4.93. The van der Waals surface area contributed by atoms with Crippen molar-refractivity contribution in [2.24, 2.45) is 9.98 Å². The maximum absolute atomic E-state index is 4.93. The van der Waals surface area contributed by atoms with Crippen molar-refractivity contribution in [1.82, 2.24) is 9.97 Å². The average Bonchev–Trinajstić information content (AvgIpc) is 2.30. The Hall–Kier alpha value is -2.24. The summed E-state index contributed by atoms with van der Waals surface area (Å²) in [5.74, 6) is 1.11. The Balaban J connectivity index is 2.91. The number of hydrogen-bond acceptors (Lipinski definition) is 6. The van der Waals surface area contributed by atoms with Crippen molar-refractivity contribution in [3.05, 3.63) is 30.3 Å². The standard InChI is InChI=1S/C9H11N5O/c1-10-8(9(11-2)15-3)14-7-6-12-4-5-13-7/h4-6H,1-2H2,3H3,(H,13,14)/b9-8-. The highest BCUT2D eigenvalue weighted by Gasteiger charge is 2.04. The van der Waals surface area contributed by atoms with Crippen molar-refractivity contribution in [2.45, 2.75) is 0 Å². The van der Waals surface area contributed by atoms with Gasteiger partial charge in [0.15, 0.2) is 5.82 Å². The fourth-order valence-corrected chi connectivity index (χ4v) is 0.882. The van der Waals surface area contributed by atoms with Crippen molar-refractivity contribution < 1.29 is 4.74 Å². The van der Waals surface area contributed by atoms with E-state index in [0.717, 1.165) is 0 Å². The molecule has 6 heteroatoms. The first-order valence-electron chi connectivity index (χ1n) is 4.06. The zero-order valence-electron chi connectivity index (χ0n) is 8.34. The van der Waals surface area contributed by atoms with Gasteiger partial charge >= 0.3 is 0 Å². The lowest BCUT2D eigenvalue weighted by Crippen LogP contribution is -2.03. The first-order valence-corrected chi connectivity index (χ1v) is 4.06. The topological polar surface area (TPSA) is 71.8 Å². The molecule has 78 valence electrons. The van der Waals surface area contributed by atoms with Crippen LogP contribution in [0.25, 0.3) is 0 Å². The van der Waals surface area contributed by atoms with Crippen molar-refractivity contribution in [1.29, 1.82) is 0 Å². The van der Waals surface area contributed by atoms with Crippen LogP contribution in [0.15, 0.2) is 40.3 Å². The summed E-state index contributed by atoms with van der Waals surface area (Å²) in [6.45, 7) is 6.73.